The second-order valence-electron chi connectivity index (χ2n) is 6.36. The van der Waals surface area contributed by atoms with Crippen molar-refractivity contribution in [1.29, 1.82) is 0 Å². The van der Waals surface area contributed by atoms with Crippen LogP contribution in [0, 0.1) is 0 Å². The van der Waals surface area contributed by atoms with Gasteiger partial charge in [-0.2, -0.15) is 0 Å². The van der Waals surface area contributed by atoms with Crippen molar-refractivity contribution in [2.24, 2.45) is 0 Å². The molecule has 0 radical (unpaired) electrons. The first-order valence-corrected chi connectivity index (χ1v) is 9.98. The van der Waals surface area contributed by atoms with Gasteiger partial charge in [0.25, 0.3) is 5.91 Å². The number of hydrogen-bond acceptors (Lipinski definition) is 5. The molecule has 0 aliphatic carbocycles. The number of rotatable bonds is 5. The van der Waals surface area contributed by atoms with Crippen molar-refractivity contribution >= 4 is 44.2 Å². The number of hydrogen-bond donors (Lipinski definition) is 0. The Balaban J connectivity index is 1.70. The molecule has 1 aliphatic rings. The van der Waals surface area contributed by atoms with Gasteiger partial charge in [-0.05, 0) is 49.2 Å². The van der Waals surface area contributed by atoms with Crippen molar-refractivity contribution in [3.63, 3.8) is 0 Å². The molecule has 0 saturated carbocycles. The van der Waals surface area contributed by atoms with Gasteiger partial charge < -0.3 is 9.47 Å². The normalized spacial score (nSPS) is 16.6. The molecule has 2 aromatic carbocycles. The molecule has 0 bridgehead atoms. The molecule has 1 fully saturated rings. The summed E-state index contributed by atoms with van der Waals surface area (Å²) in [6.07, 6.45) is 1.98. The van der Waals surface area contributed by atoms with Gasteiger partial charge in [-0.25, -0.2) is 4.98 Å². The average molecular weight is 403 g/mol. The maximum atomic E-state index is 13.3. The van der Waals surface area contributed by atoms with Gasteiger partial charge >= 0.3 is 0 Å². The highest BCUT2D eigenvalue weighted by atomic mass is 35.5. The first kappa shape index (κ1) is 18.2. The van der Waals surface area contributed by atoms with E-state index in [-0.39, 0.29) is 12.0 Å². The van der Waals surface area contributed by atoms with E-state index in [1.165, 1.54) is 11.3 Å². The number of nitrogens with zero attached hydrogens (tertiary/aromatic N) is 2. The molecule has 27 heavy (non-hydrogen) atoms. The van der Waals surface area contributed by atoms with Crippen LogP contribution in [-0.2, 0) is 4.74 Å². The monoisotopic (exact) mass is 402 g/mol. The van der Waals surface area contributed by atoms with Crippen LogP contribution in [-0.4, -0.2) is 37.3 Å². The third-order valence-corrected chi connectivity index (χ3v) is 5.93. The number of fused-ring (bicyclic) bond motifs is 1. The number of thiazole rings is 1. The van der Waals surface area contributed by atoms with E-state index in [1.807, 2.05) is 18.2 Å². The lowest BCUT2D eigenvalue weighted by Gasteiger charge is -2.23. The lowest BCUT2D eigenvalue weighted by atomic mass is 10.1. The van der Waals surface area contributed by atoms with E-state index in [4.69, 9.17) is 21.1 Å². The Bertz CT molecular complexity index is 952. The highest BCUT2D eigenvalue weighted by molar-refractivity contribution is 7.22. The molecule has 1 unspecified atom stereocenters. The van der Waals surface area contributed by atoms with Crippen molar-refractivity contribution < 1.29 is 14.3 Å². The summed E-state index contributed by atoms with van der Waals surface area (Å²) in [5, 5.41) is 1.22. The number of aromatic nitrogens is 1. The largest absolute Gasteiger partial charge is 0.497 e. The second kappa shape index (κ2) is 7.84. The average Bonchev–Trinajstić information content (AvgIpc) is 3.36. The summed E-state index contributed by atoms with van der Waals surface area (Å²) in [4.78, 5) is 19.6. The van der Waals surface area contributed by atoms with E-state index in [1.54, 1.807) is 36.3 Å². The fourth-order valence-electron chi connectivity index (χ4n) is 3.15. The van der Waals surface area contributed by atoms with E-state index in [2.05, 4.69) is 4.98 Å². The number of benzene rings is 2. The predicted octanol–water partition coefficient (Wildman–Crippen LogP) is 4.78. The quantitative estimate of drug-likeness (QED) is 0.616. The van der Waals surface area contributed by atoms with Crippen LogP contribution in [0.2, 0.25) is 5.02 Å². The molecule has 4 rings (SSSR count). The molecule has 1 amide bonds. The number of anilines is 1. The molecule has 2 heterocycles. The summed E-state index contributed by atoms with van der Waals surface area (Å²) >= 11 is 7.74. The lowest BCUT2D eigenvalue weighted by Crippen LogP contribution is -2.37. The number of ether oxygens (including phenoxy) is 2. The van der Waals surface area contributed by atoms with E-state index in [9.17, 15) is 4.79 Å². The van der Waals surface area contributed by atoms with Crippen molar-refractivity contribution in [1.82, 2.24) is 4.98 Å². The molecule has 5 nitrogen and oxygen atoms in total. The molecular formula is C20H19ClN2O3S. The molecule has 7 heteroatoms. The van der Waals surface area contributed by atoms with Gasteiger partial charge in [0.2, 0.25) is 0 Å². The van der Waals surface area contributed by atoms with Crippen LogP contribution in [0.25, 0.3) is 10.2 Å². The van der Waals surface area contributed by atoms with Gasteiger partial charge in [0.1, 0.15) is 11.3 Å². The zero-order chi connectivity index (χ0) is 18.8. The highest BCUT2D eigenvalue weighted by Gasteiger charge is 2.27. The number of halogens is 1. The number of carbonyl (C=O) groups is 1. The minimum Gasteiger partial charge on any atom is -0.497 e. The van der Waals surface area contributed by atoms with Crippen LogP contribution in [0.15, 0.2) is 42.5 Å². The van der Waals surface area contributed by atoms with Crippen LogP contribution in [0.5, 0.6) is 5.75 Å². The van der Waals surface area contributed by atoms with Gasteiger partial charge in [0.15, 0.2) is 5.13 Å². The Morgan fingerprint density at radius 2 is 2.15 bits per heavy atom. The van der Waals surface area contributed by atoms with Crippen molar-refractivity contribution in [3.8, 4) is 5.75 Å². The number of methoxy groups -OCH3 is 1. The van der Waals surface area contributed by atoms with E-state index in [0.717, 1.165) is 29.7 Å². The molecule has 0 N–H and O–H groups in total. The molecule has 1 aliphatic heterocycles. The smallest absolute Gasteiger partial charge is 0.260 e. The van der Waals surface area contributed by atoms with Crippen molar-refractivity contribution in [2.75, 3.05) is 25.2 Å². The second-order valence-corrected chi connectivity index (χ2v) is 7.78. The van der Waals surface area contributed by atoms with Crippen LogP contribution >= 0.6 is 22.9 Å². The Morgan fingerprint density at radius 1 is 1.33 bits per heavy atom. The standard InChI is InChI=1S/C20H19ClN2O3S/c1-25-14-9-7-13(8-10-14)19(24)23(12-15-4-3-11-26-15)20-22-18-16(21)5-2-6-17(18)27-20/h2,5-10,15H,3-4,11-12H2,1H3. The van der Waals surface area contributed by atoms with Crippen LogP contribution in [0.3, 0.4) is 0 Å². The molecule has 0 spiro atoms. The van der Waals surface area contributed by atoms with Gasteiger partial charge in [-0.15, -0.1) is 0 Å². The maximum Gasteiger partial charge on any atom is 0.260 e. The first-order chi connectivity index (χ1) is 13.2. The minimum absolute atomic E-state index is 0.0229. The zero-order valence-electron chi connectivity index (χ0n) is 14.9. The van der Waals surface area contributed by atoms with E-state index >= 15 is 0 Å². The zero-order valence-corrected chi connectivity index (χ0v) is 16.4. The summed E-state index contributed by atoms with van der Waals surface area (Å²) in [6, 6.07) is 12.8. The summed E-state index contributed by atoms with van der Waals surface area (Å²) in [5.74, 6) is 0.604. The molecule has 3 aromatic rings. The number of para-hydroxylation sites is 1. The van der Waals surface area contributed by atoms with Gasteiger partial charge in [0, 0.05) is 12.2 Å². The summed E-state index contributed by atoms with van der Waals surface area (Å²) in [7, 11) is 1.60. The summed E-state index contributed by atoms with van der Waals surface area (Å²) < 4.78 is 11.9. The fraction of sp³-hybridized carbons (Fsp3) is 0.300. The van der Waals surface area contributed by atoms with Crippen molar-refractivity contribution in [3.05, 3.63) is 53.1 Å². The molecule has 140 valence electrons. The summed E-state index contributed by atoms with van der Waals surface area (Å²) in [5.41, 5.74) is 1.30. The maximum absolute atomic E-state index is 13.3. The predicted molar refractivity (Wildman–Crippen MR) is 108 cm³/mol. The van der Waals surface area contributed by atoms with Gasteiger partial charge in [-0.1, -0.05) is 29.0 Å². The van der Waals surface area contributed by atoms with Gasteiger partial charge in [-0.3, -0.25) is 9.69 Å². The Hall–Kier alpha value is -2.15. The molecular weight excluding hydrogens is 384 g/mol. The first-order valence-electron chi connectivity index (χ1n) is 8.78. The van der Waals surface area contributed by atoms with Gasteiger partial charge in [0.05, 0.1) is 29.5 Å². The lowest BCUT2D eigenvalue weighted by molar-refractivity contribution is 0.0917. The Kier molecular flexibility index (Phi) is 5.29. The SMILES string of the molecule is COc1ccc(C(=O)N(CC2CCCO2)c2nc3c(Cl)cccc3s2)cc1. The molecule has 1 atom stereocenters. The van der Waals surface area contributed by atoms with Crippen LogP contribution < -0.4 is 9.64 Å². The number of amides is 1. The minimum atomic E-state index is -0.108. The van der Waals surface area contributed by atoms with E-state index < -0.39 is 0 Å². The van der Waals surface area contributed by atoms with Crippen LogP contribution in [0.4, 0.5) is 5.13 Å². The third kappa shape index (κ3) is 3.78. The van der Waals surface area contributed by atoms with Crippen LogP contribution in [0.1, 0.15) is 23.2 Å². The fourth-order valence-corrected chi connectivity index (χ4v) is 4.42. The number of carbonyl (C=O) groups excluding carboxylic acids is 1. The molecule has 1 aromatic heterocycles. The highest BCUT2D eigenvalue weighted by Crippen LogP contribution is 2.34. The summed E-state index contributed by atoms with van der Waals surface area (Å²) in [6.45, 7) is 1.21. The Morgan fingerprint density at radius 3 is 2.81 bits per heavy atom. The third-order valence-electron chi connectivity index (χ3n) is 4.58. The topological polar surface area (TPSA) is 51.7 Å². The Labute approximate surface area is 166 Å². The van der Waals surface area contributed by atoms with E-state index in [0.29, 0.717) is 28.0 Å². The van der Waals surface area contributed by atoms with Crippen molar-refractivity contribution in [2.45, 2.75) is 18.9 Å². The molecule has 1 saturated heterocycles.